The van der Waals surface area contributed by atoms with Crippen LogP contribution in [0.1, 0.15) is 32.9 Å². The quantitative estimate of drug-likeness (QED) is 0.681. The predicted octanol–water partition coefficient (Wildman–Crippen LogP) is 2.42. The molecule has 0 aromatic carbocycles. The number of hydrogen-bond acceptors (Lipinski definition) is 2. The molecule has 3 nitrogen and oxygen atoms in total. The second-order valence-corrected chi connectivity index (χ2v) is 6.16. The first-order valence-corrected chi connectivity index (χ1v) is 6.73. The Kier molecular flexibility index (Phi) is 3.80. The zero-order valence-electron chi connectivity index (χ0n) is 12.1. The highest BCUT2D eigenvalue weighted by Crippen LogP contribution is 2.28. The maximum Gasteiger partial charge on any atom is 0.228 e. The first kappa shape index (κ1) is 14.5. The van der Waals surface area contributed by atoms with Gasteiger partial charge in [-0.15, -0.1) is 0 Å². The molecule has 0 N–H and O–H groups in total. The van der Waals surface area contributed by atoms with E-state index in [-0.39, 0.29) is 18.9 Å². The van der Waals surface area contributed by atoms with E-state index < -0.39 is 11.1 Å². The molecule has 1 unspecified atom stereocenters. The van der Waals surface area contributed by atoms with Crippen LogP contribution in [0.2, 0.25) is 0 Å². The third-order valence-corrected chi connectivity index (χ3v) is 3.23. The Bertz CT molecular complexity index is 553. The van der Waals surface area contributed by atoms with E-state index in [2.05, 4.69) is 16.8 Å². The van der Waals surface area contributed by atoms with E-state index in [1.54, 1.807) is 23.2 Å². The predicted molar refractivity (Wildman–Crippen MR) is 75.6 cm³/mol. The highest BCUT2D eigenvalue weighted by Gasteiger charge is 2.41. The summed E-state index contributed by atoms with van der Waals surface area (Å²) < 4.78 is 14.6. The first-order valence-electron chi connectivity index (χ1n) is 6.73. The van der Waals surface area contributed by atoms with E-state index in [1.165, 1.54) is 0 Å². The van der Waals surface area contributed by atoms with Crippen molar-refractivity contribution in [2.75, 3.05) is 13.1 Å². The van der Waals surface area contributed by atoms with Gasteiger partial charge in [0.25, 0.3) is 0 Å². The zero-order chi connectivity index (χ0) is 14.8. The highest BCUT2D eigenvalue weighted by molar-refractivity contribution is 5.82. The largest absolute Gasteiger partial charge is 0.338 e. The van der Waals surface area contributed by atoms with E-state index in [0.717, 1.165) is 0 Å². The van der Waals surface area contributed by atoms with E-state index in [4.69, 9.17) is 0 Å². The van der Waals surface area contributed by atoms with Crippen molar-refractivity contribution < 1.29 is 9.18 Å². The number of pyridine rings is 1. The van der Waals surface area contributed by atoms with Crippen LogP contribution >= 0.6 is 0 Å². The van der Waals surface area contributed by atoms with Gasteiger partial charge in [-0.3, -0.25) is 4.79 Å². The lowest BCUT2D eigenvalue weighted by Gasteiger charge is -2.25. The molecule has 1 aliphatic heterocycles. The van der Waals surface area contributed by atoms with Gasteiger partial charge in [-0.05, 0) is 18.1 Å². The molecule has 0 saturated carbocycles. The average Bonchev–Trinajstić information content (AvgIpc) is 2.79. The summed E-state index contributed by atoms with van der Waals surface area (Å²) in [6.07, 6.45) is 1.88. The molecule has 20 heavy (non-hydrogen) atoms. The van der Waals surface area contributed by atoms with Crippen LogP contribution in [0.25, 0.3) is 0 Å². The van der Waals surface area contributed by atoms with Crippen LogP contribution in [0.15, 0.2) is 24.4 Å². The molecule has 106 valence electrons. The molecule has 1 amide bonds. The second-order valence-electron chi connectivity index (χ2n) is 6.16. The van der Waals surface area contributed by atoms with Gasteiger partial charge in [0.1, 0.15) is 5.69 Å². The topological polar surface area (TPSA) is 33.2 Å². The maximum absolute atomic E-state index is 14.6. The van der Waals surface area contributed by atoms with Gasteiger partial charge in [-0.2, -0.15) is 0 Å². The summed E-state index contributed by atoms with van der Waals surface area (Å²) in [5.74, 6) is 5.36. The van der Waals surface area contributed by atoms with Gasteiger partial charge in [-0.1, -0.05) is 32.8 Å². The van der Waals surface area contributed by atoms with Gasteiger partial charge in [0, 0.05) is 24.6 Å². The Morgan fingerprint density at radius 2 is 2.20 bits per heavy atom. The molecule has 1 aromatic heterocycles. The summed E-state index contributed by atoms with van der Waals surface area (Å²) >= 11 is 0. The van der Waals surface area contributed by atoms with Crippen LogP contribution < -0.4 is 0 Å². The number of carbonyl (C=O) groups excluding carboxylic acids is 1. The Hall–Kier alpha value is -1.89. The molecular weight excluding hydrogens is 255 g/mol. The molecule has 0 radical (unpaired) electrons. The fourth-order valence-corrected chi connectivity index (χ4v) is 2.14. The zero-order valence-corrected chi connectivity index (χ0v) is 12.1. The average molecular weight is 274 g/mol. The number of likely N-dealkylation sites (tertiary alicyclic amines) is 1. The monoisotopic (exact) mass is 274 g/mol. The molecular formula is C16H19FN2O. The minimum absolute atomic E-state index is 0.0309. The van der Waals surface area contributed by atoms with Crippen LogP contribution in [0.5, 0.6) is 0 Å². The fourth-order valence-electron chi connectivity index (χ4n) is 2.14. The number of carbonyl (C=O) groups is 1. The summed E-state index contributed by atoms with van der Waals surface area (Å²) in [7, 11) is 0. The number of nitrogens with zero attached hydrogens (tertiary/aromatic N) is 2. The molecule has 2 heterocycles. The third-order valence-electron chi connectivity index (χ3n) is 3.23. The molecule has 1 aliphatic rings. The Morgan fingerprint density at radius 1 is 1.45 bits per heavy atom. The number of rotatable bonds is 0. The number of hydrogen-bond donors (Lipinski definition) is 0. The van der Waals surface area contributed by atoms with Crippen molar-refractivity contribution in [3.63, 3.8) is 0 Å². The van der Waals surface area contributed by atoms with Crippen molar-refractivity contribution in [1.29, 1.82) is 0 Å². The molecule has 1 atom stereocenters. The lowest BCUT2D eigenvalue weighted by Crippen LogP contribution is -2.39. The Balaban J connectivity index is 2.08. The van der Waals surface area contributed by atoms with E-state index in [0.29, 0.717) is 12.2 Å². The highest BCUT2D eigenvalue weighted by atomic mass is 19.1. The molecule has 0 aliphatic carbocycles. The number of amides is 1. The third kappa shape index (κ3) is 3.36. The Morgan fingerprint density at radius 3 is 2.80 bits per heavy atom. The van der Waals surface area contributed by atoms with Gasteiger partial charge in [0.05, 0.1) is 6.54 Å². The molecule has 4 heteroatoms. The first-order chi connectivity index (χ1) is 9.30. The molecule has 0 bridgehead atoms. The van der Waals surface area contributed by atoms with Crippen molar-refractivity contribution in [2.45, 2.75) is 32.9 Å². The maximum atomic E-state index is 14.6. The minimum atomic E-state index is -1.63. The van der Waals surface area contributed by atoms with Crippen molar-refractivity contribution in [2.24, 2.45) is 5.41 Å². The van der Waals surface area contributed by atoms with Crippen molar-refractivity contribution in [3.8, 4) is 11.8 Å². The van der Waals surface area contributed by atoms with E-state index >= 15 is 0 Å². The molecule has 1 aromatic rings. The standard InChI is InChI=1S/C16H19FN2O/c1-15(2,3)14(20)19-11-9-16(17,12-19)8-7-13-6-4-5-10-18-13/h4-6,10H,9,11-12H2,1-3H3. The van der Waals surface area contributed by atoms with Crippen LogP contribution in [0, 0.1) is 17.3 Å². The molecule has 1 fully saturated rings. The van der Waals surface area contributed by atoms with Crippen molar-refractivity contribution in [3.05, 3.63) is 30.1 Å². The minimum Gasteiger partial charge on any atom is -0.338 e. The normalized spacial score (nSPS) is 22.3. The number of halogens is 1. The van der Waals surface area contributed by atoms with E-state index in [1.807, 2.05) is 26.8 Å². The summed E-state index contributed by atoms with van der Waals surface area (Å²) in [4.78, 5) is 17.7. The fraction of sp³-hybridized carbons (Fsp3) is 0.500. The van der Waals surface area contributed by atoms with Gasteiger partial charge >= 0.3 is 0 Å². The van der Waals surface area contributed by atoms with Gasteiger partial charge < -0.3 is 4.90 Å². The van der Waals surface area contributed by atoms with Crippen LogP contribution in [0.3, 0.4) is 0 Å². The number of alkyl halides is 1. The van der Waals surface area contributed by atoms with Crippen LogP contribution in [-0.2, 0) is 4.79 Å². The molecule has 0 spiro atoms. The van der Waals surface area contributed by atoms with Crippen LogP contribution in [0.4, 0.5) is 4.39 Å². The van der Waals surface area contributed by atoms with Gasteiger partial charge in [0.2, 0.25) is 5.91 Å². The molecule has 2 rings (SSSR count). The van der Waals surface area contributed by atoms with Crippen LogP contribution in [-0.4, -0.2) is 34.5 Å². The SMILES string of the molecule is CC(C)(C)C(=O)N1CCC(F)(C#Cc2ccccn2)C1. The summed E-state index contributed by atoms with van der Waals surface area (Å²) in [5.41, 5.74) is -1.57. The lowest BCUT2D eigenvalue weighted by molar-refractivity contribution is -0.138. The van der Waals surface area contributed by atoms with Crippen molar-refractivity contribution >= 4 is 5.91 Å². The molecule has 1 saturated heterocycles. The summed E-state index contributed by atoms with van der Waals surface area (Å²) in [6, 6.07) is 5.34. The Labute approximate surface area is 119 Å². The summed E-state index contributed by atoms with van der Waals surface area (Å²) in [6.45, 7) is 5.99. The van der Waals surface area contributed by atoms with Crippen molar-refractivity contribution in [1.82, 2.24) is 9.88 Å². The lowest BCUT2D eigenvalue weighted by atomic mass is 9.95. The smallest absolute Gasteiger partial charge is 0.228 e. The van der Waals surface area contributed by atoms with Gasteiger partial charge in [0.15, 0.2) is 5.67 Å². The van der Waals surface area contributed by atoms with Gasteiger partial charge in [-0.25, -0.2) is 9.37 Å². The van der Waals surface area contributed by atoms with E-state index in [9.17, 15) is 9.18 Å². The number of aromatic nitrogens is 1. The summed E-state index contributed by atoms with van der Waals surface area (Å²) in [5, 5.41) is 0. The second kappa shape index (κ2) is 5.24.